The number of carboxylic acids is 1. The standard InChI is InChI=1S/C20H28N2O4S2/c1-14(2)8-10-20(3,26)9-4-5-15-6-7-17(23)22(15)11-12-27-19-21-16(13-28-19)18(24)25/h4-5,13,15,26H,1,6-12H2,2-3H3,(H,24,25)/b5-4+/t15-,20+/m0/s1. The van der Waals surface area contributed by atoms with Crippen molar-refractivity contribution < 1.29 is 19.8 Å². The van der Waals surface area contributed by atoms with Gasteiger partial charge in [0.25, 0.3) is 0 Å². The molecule has 28 heavy (non-hydrogen) atoms. The minimum Gasteiger partial charge on any atom is -0.476 e. The summed E-state index contributed by atoms with van der Waals surface area (Å²) in [6.45, 7) is 8.25. The second-order valence-electron chi connectivity index (χ2n) is 7.43. The molecule has 8 heteroatoms. The molecule has 1 amide bonds. The van der Waals surface area contributed by atoms with Gasteiger partial charge in [0, 0.05) is 24.1 Å². The van der Waals surface area contributed by atoms with E-state index in [-0.39, 0.29) is 17.6 Å². The largest absolute Gasteiger partial charge is 0.476 e. The van der Waals surface area contributed by atoms with E-state index < -0.39 is 11.6 Å². The molecule has 1 aromatic rings. The van der Waals surface area contributed by atoms with Crippen molar-refractivity contribution in [2.24, 2.45) is 0 Å². The van der Waals surface area contributed by atoms with Gasteiger partial charge in [-0.15, -0.1) is 17.9 Å². The number of nitrogens with zero attached hydrogens (tertiary/aromatic N) is 2. The zero-order valence-electron chi connectivity index (χ0n) is 16.4. The van der Waals surface area contributed by atoms with Crippen molar-refractivity contribution >= 4 is 35.0 Å². The number of allylic oxidation sites excluding steroid dienone is 1. The number of thiazole rings is 1. The first kappa shape index (κ1) is 22.6. The molecule has 1 aliphatic heterocycles. The van der Waals surface area contributed by atoms with Crippen molar-refractivity contribution in [2.75, 3.05) is 12.3 Å². The van der Waals surface area contributed by atoms with E-state index in [9.17, 15) is 14.7 Å². The van der Waals surface area contributed by atoms with Crippen molar-refractivity contribution in [1.82, 2.24) is 9.88 Å². The number of thioether (sulfide) groups is 1. The number of likely N-dealkylation sites (tertiary alicyclic amines) is 1. The maximum Gasteiger partial charge on any atom is 0.355 e. The Hall–Kier alpha value is -1.64. The van der Waals surface area contributed by atoms with E-state index in [0.717, 1.165) is 18.4 Å². The smallest absolute Gasteiger partial charge is 0.355 e. The molecule has 2 rings (SSSR count). The number of amides is 1. The molecule has 0 bridgehead atoms. The number of aliphatic hydroxyl groups is 1. The summed E-state index contributed by atoms with van der Waals surface area (Å²) in [6, 6.07) is 0.0518. The molecule has 0 aromatic carbocycles. The van der Waals surface area contributed by atoms with Gasteiger partial charge in [0.15, 0.2) is 10.0 Å². The average Bonchev–Trinajstić information content (AvgIpc) is 3.22. The van der Waals surface area contributed by atoms with E-state index >= 15 is 0 Å². The Bertz CT molecular complexity index is 742. The highest BCUT2D eigenvalue weighted by molar-refractivity contribution is 8.01. The Morgan fingerprint density at radius 1 is 1.57 bits per heavy atom. The summed E-state index contributed by atoms with van der Waals surface area (Å²) >= 11 is 2.77. The molecule has 6 nitrogen and oxygen atoms in total. The molecule has 1 saturated heterocycles. The Labute approximate surface area is 174 Å². The number of carboxylic acid groups (broad SMARTS) is 1. The first-order valence-corrected chi connectivity index (χ1v) is 11.2. The molecule has 0 aliphatic carbocycles. The van der Waals surface area contributed by atoms with Crippen molar-refractivity contribution in [2.45, 2.75) is 61.9 Å². The van der Waals surface area contributed by atoms with Crippen molar-refractivity contribution in [1.29, 1.82) is 0 Å². The number of carbonyl (C=O) groups excluding carboxylic acids is 1. The minimum atomic E-state index is -1.03. The third-order valence-electron chi connectivity index (χ3n) is 4.64. The molecule has 2 heterocycles. The van der Waals surface area contributed by atoms with Gasteiger partial charge < -0.3 is 15.1 Å². The quantitative estimate of drug-likeness (QED) is 0.412. The number of hydrogen-bond donors (Lipinski definition) is 2. The minimum absolute atomic E-state index is 0.0518. The van der Waals surface area contributed by atoms with Crippen molar-refractivity contribution in [3.63, 3.8) is 0 Å². The van der Waals surface area contributed by atoms with E-state index in [2.05, 4.69) is 11.6 Å². The van der Waals surface area contributed by atoms with E-state index in [1.54, 1.807) is 0 Å². The maximum absolute atomic E-state index is 12.2. The molecular formula is C20H28N2O4S2. The fourth-order valence-corrected chi connectivity index (χ4v) is 4.77. The molecule has 0 unspecified atom stereocenters. The van der Waals surface area contributed by atoms with Gasteiger partial charge in [-0.25, -0.2) is 9.78 Å². The van der Waals surface area contributed by atoms with Crippen LogP contribution < -0.4 is 0 Å². The number of rotatable bonds is 11. The van der Waals surface area contributed by atoms with E-state index in [1.165, 1.54) is 28.5 Å². The Kier molecular flexibility index (Phi) is 8.27. The van der Waals surface area contributed by atoms with Crippen LogP contribution in [0.3, 0.4) is 0 Å². The molecular weight excluding hydrogens is 396 g/mol. The lowest BCUT2D eigenvalue weighted by Crippen LogP contribution is -2.33. The van der Waals surface area contributed by atoms with E-state index in [4.69, 9.17) is 5.11 Å². The predicted molar refractivity (Wildman–Crippen MR) is 113 cm³/mol. The molecule has 0 saturated carbocycles. The predicted octanol–water partition coefficient (Wildman–Crippen LogP) is 3.98. The van der Waals surface area contributed by atoms with Gasteiger partial charge in [0.05, 0.1) is 11.6 Å². The van der Waals surface area contributed by atoms with Crippen LogP contribution in [0, 0.1) is 0 Å². The summed E-state index contributed by atoms with van der Waals surface area (Å²) in [5.41, 5.74) is 0.347. The summed E-state index contributed by atoms with van der Waals surface area (Å²) in [6.07, 6.45) is 7.33. The van der Waals surface area contributed by atoms with Gasteiger partial charge in [-0.2, -0.15) is 0 Å². The number of hydrogen-bond acceptors (Lipinski definition) is 6. The zero-order chi connectivity index (χ0) is 20.7. The molecule has 2 atom stereocenters. The second kappa shape index (κ2) is 10.2. The molecule has 0 spiro atoms. The lowest BCUT2D eigenvalue weighted by molar-refractivity contribution is -0.128. The molecule has 1 fully saturated rings. The van der Waals surface area contributed by atoms with Gasteiger partial charge in [0.1, 0.15) is 0 Å². The van der Waals surface area contributed by atoms with Crippen LogP contribution >= 0.6 is 23.1 Å². The second-order valence-corrected chi connectivity index (χ2v) is 9.63. The van der Waals surface area contributed by atoms with Crippen LogP contribution in [0.5, 0.6) is 0 Å². The summed E-state index contributed by atoms with van der Waals surface area (Å²) in [5, 5.41) is 20.9. The topological polar surface area (TPSA) is 90.7 Å². The maximum atomic E-state index is 12.2. The fraction of sp³-hybridized carbons (Fsp3) is 0.550. The van der Waals surface area contributed by atoms with Gasteiger partial charge in [-0.05, 0) is 39.5 Å². The van der Waals surface area contributed by atoms with Crippen LogP contribution in [-0.2, 0) is 4.79 Å². The summed E-state index contributed by atoms with van der Waals surface area (Å²) in [4.78, 5) is 29.0. The van der Waals surface area contributed by atoms with E-state index in [1.807, 2.05) is 30.9 Å². The molecule has 1 aliphatic rings. The molecule has 1 aromatic heterocycles. The normalized spacial score (nSPS) is 19.3. The third-order valence-corrected chi connectivity index (χ3v) is 6.64. The number of carbonyl (C=O) groups is 2. The highest BCUT2D eigenvalue weighted by Gasteiger charge is 2.29. The summed E-state index contributed by atoms with van der Waals surface area (Å²) in [5.74, 6) is -0.226. The van der Waals surface area contributed by atoms with Gasteiger partial charge in [-0.3, -0.25) is 4.79 Å². The Balaban J connectivity index is 1.82. The van der Waals surface area contributed by atoms with Crippen LogP contribution in [0.1, 0.15) is 56.4 Å². The van der Waals surface area contributed by atoms with Gasteiger partial charge >= 0.3 is 5.97 Å². The fourth-order valence-electron chi connectivity index (χ4n) is 2.96. The molecule has 154 valence electrons. The lowest BCUT2D eigenvalue weighted by atomic mass is 9.94. The van der Waals surface area contributed by atoms with Crippen LogP contribution in [0.25, 0.3) is 0 Å². The van der Waals surface area contributed by atoms with Gasteiger partial charge in [-0.1, -0.05) is 29.5 Å². The summed E-state index contributed by atoms with van der Waals surface area (Å²) in [7, 11) is 0. The highest BCUT2D eigenvalue weighted by Crippen LogP contribution is 2.26. The zero-order valence-corrected chi connectivity index (χ0v) is 18.0. The lowest BCUT2D eigenvalue weighted by Gasteiger charge is -2.24. The van der Waals surface area contributed by atoms with Crippen molar-refractivity contribution in [3.8, 4) is 0 Å². The third kappa shape index (κ3) is 7.07. The van der Waals surface area contributed by atoms with Crippen molar-refractivity contribution in [3.05, 3.63) is 35.4 Å². The Morgan fingerprint density at radius 3 is 2.96 bits per heavy atom. The SMILES string of the molecule is C=C(C)CC[C@](C)(O)C/C=C/[C@H]1CCC(=O)N1CCSc1nc(C(=O)O)cs1. The first-order valence-electron chi connectivity index (χ1n) is 9.32. The van der Waals surface area contributed by atoms with Crippen LogP contribution in [0.15, 0.2) is 34.0 Å². The van der Waals surface area contributed by atoms with Gasteiger partial charge in [0.2, 0.25) is 5.91 Å². The van der Waals surface area contributed by atoms with Crippen LogP contribution in [0.2, 0.25) is 0 Å². The number of aromatic carboxylic acids is 1. The van der Waals surface area contributed by atoms with Crippen LogP contribution in [-0.4, -0.2) is 55.9 Å². The molecule has 2 N–H and O–H groups in total. The summed E-state index contributed by atoms with van der Waals surface area (Å²) < 4.78 is 0.699. The number of aromatic nitrogens is 1. The monoisotopic (exact) mass is 424 g/mol. The van der Waals surface area contributed by atoms with E-state index in [0.29, 0.717) is 35.9 Å². The average molecular weight is 425 g/mol. The first-order chi connectivity index (χ1) is 13.2. The van der Waals surface area contributed by atoms with Crippen LogP contribution in [0.4, 0.5) is 0 Å². The Morgan fingerprint density at radius 2 is 2.32 bits per heavy atom. The highest BCUT2D eigenvalue weighted by atomic mass is 32.2. The molecule has 0 radical (unpaired) electrons.